The Balaban J connectivity index is 1.68. The smallest absolute Gasteiger partial charge is 0.230 e. The third-order valence-corrected chi connectivity index (χ3v) is 3.73. The van der Waals surface area contributed by atoms with Crippen molar-refractivity contribution in [2.75, 3.05) is 0 Å². The predicted octanol–water partition coefficient (Wildman–Crippen LogP) is 2.52. The number of para-hydroxylation sites is 1. The van der Waals surface area contributed by atoms with Gasteiger partial charge in [0.15, 0.2) is 0 Å². The summed E-state index contributed by atoms with van der Waals surface area (Å²) in [6, 6.07) is 11.8. The van der Waals surface area contributed by atoms with E-state index in [9.17, 15) is 5.11 Å². The Hall–Kier alpha value is -2.27. The maximum atomic E-state index is 9.32. The Morgan fingerprint density at radius 3 is 2.75 bits per heavy atom. The summed E-state index contributed by atoms with van der Waals surface area (Å²) in [5.41, 5.74) is 1.62. The molecule has 20 heavy (non-hydrogen) atoms. The summed E-state index contributed by atoms with van der Waals surface area (Å²) in [5.74, 6) is 1.29. The molecule has 2 heterocycles. The average Bonchev–Trinajstić information content (AvgIpc) is 2.93. The van der Waals surface area contributed by atoms with Gasteiger partial charge in [-0.05, 0) is 25.0 Å². The molecule has 2 aromatic heterocycles. The fourth-order valence-corrected chi connectivity index (χ4v) is 2.49. The van der Waals surface area contributed by atoms with Crippen LogP contribution >= 0.6 is 0 Å². The lowest BCUT2D eigenvalue weighted by atomic mass is 9.82. The van der Waals surface area contributed by atoms with Crippen molar-refractivity contribution in [3.8, 4) is 11.5 Å². The Labute approximate surface area is 115 Å². The van der Waals surface area contributed by atoms with Gasteiger partial charge in [0.2, 0.25) is 11.7 Å². The topological polar surface area (TPSA) is 72.0 Å². The minimum Gasteiger partial charge on any atom is -0.393 e. The highest BCUT2D eigenvalue weighted by Gasteiger charge is 2.33. The van der Waals surface area contributed by atoms with E-state index in [-0.39, 0.29) is 12.0 Å². The SMILES string of the molecule is OC1CC(c2nc(-c3ccc4ccccc4n3)no2)C1. The average molecular weight is 267 g/mol. The van der Waals surface area contributed by atoms with Gasteiger partial charge in [-0.3, -0.25) is 0 Å². The van der Waals surface area contributed by atoms with E-state index in [0.29, 0.717) is 30.3 Å². The summed E-state index contributed by atoms with van der Waals surface area (Å²) < 4.78 is 5.27. The van der Waals surface area contributed by atoms with Crippen LogP contribution in [-0.2, 0) is 0 Å². The first-order chi connectivity index (χ1) is 9.79. The summed E-state index contributed by atoms with van der Waals surface area (Å²) in [7, 11) is 0. The van der Waals surface area contributed by atoms with Gasteiger partial charge in [0.05, 0.1) is 11.6 Å². The summed E-state index contributed by atoms with van der Waals surface area (Å²) in [5, 5.41) is 14.4. The number of aliphatic hydroxyl groups is 1. The first-order valence-electron chi connectivity index (χ1n) is 6.67. The van der Waals surface area contributed by atoms with E-state index in [1.807, 2.05) is 36.4 Å². The van der Waals surface area contributed by atoms with E-state index >= 15 is 0 Å². The number of fused-ring (bicyclic) bond motifs is 1. The first-order valence-corrected chi connectivity index (χ1v) is 6.67. The van der Waals surface area contributed by atoms with Gasteiger partial charge in [-0.15, -0.1) is 0 Å². The van der Waals surface area contributed by atoms with Gasteiger partial charge in [0.25, 0.3) is 0 Å². The molecule has 0 aliphatic heterocycles. The van der Waals surface area contributed by atoms with Crippen LogP contribution in [0.5, 0.6) is 0 Å². The van der Waals surface area contributed by atoms with Crippen molar-refractivity contribution in [2.45, 2.75) is 24.9 Å². The van der Waals surface area contributed by atoms with Gasteiger partial charge in [0.1, 0.15) is 5.69 Å². The molecule has 1 aliphatic rings. The van der Waals surface area contributed by atoms with E-state index in [1.165, 1.54) is 0 Å². The van der Waals surface area contributed by atoms with Crippen LogP contribution in [0, 0.1) is 0 Å². The zero-order chi connectivity index (χ0) is 13.5. The molecule has 1 aromatic carbocycles. The van der Waals surface area contributed by atoms with Crippen LogP contribution in [-0.4, -0.2) is 26.3 Å². The molecule has 5 nitrogen and oxygen atoms in total. The summed E-state index contributed by atoms with van der Waals surface area (Å²) in [6.45, 7) is 0. The lowest BCUT2D eigenvalue weighted by molar-refractivity contribution is 0.0625. The number of pyridine rings is 1. The number of rotatable bonds is 2. The van der Waals surface area contributed by atoms with Crippen molar-refractivity contribution in [3.63, 3.8) is 0 Å². The number of hydrogen-bond acceptors (Lipinski definition) is 5. The zero-order valence-electron chi connectivity index (χ0n) is 10.7. The minimum absolute atomic E-state index is 0.187. The van der Waals surface area contributed by atoms with Gasteiger partial charge in [-0.1, -0.05) is 29.4 Å². The standard InChI is InChI=1S/C15H13N3O2/c19-11-7-10(8-11)15-17-14(18-20-15)13-6-5-9-3-1-2-4-12(9)16-13/h1-6,10-11,19H,7-8H2. The molecule has 0 bridgehead atoms. The molecule has 3 aromatic rings. The molecule has 0 spiro atoms. The zero-order valence-corrected chi connectivity index (χ0v) is 10.7. The summed E-state index contributed by atoms with van der Waals surface area (Å²) >= 11 is 0. The molecular weight excluding hydrogens is 254 g/mol. The minimum atomic E-state index is -0.228. The number of hydrogen-bond donors (Lipinski definition) is 1. The van der Waals surface area contributed by atoms with E-state index in [0.717, 1.165) is 10.9 Å². The van der Waals surface area contributed by atoms with Crippen LogP contribution in [0.2, 0.25) is 0 Å². The summed E-state index contributed by atoms with van der Waals surface area (Å²) in [4.78, 5) is 8.93. The lowest BCUT2D eigenvalue weighted by Crippen LogP contribution is -2.26. The Bertz CT molecular complexity index is 762. The molecule has 1 fully saturated rings. The Morgan fingerprint density at radius 2 is 1.90 bits per heavy atom. The normalized spacial score (nSPS) is 21.9. The number of aliphatic hydroxyl groups excluding tert-OH is 1. The van der Waals surface area contributed by atoms with Crippen LogP contribution in [0.25, 0.3) is 22.4 Å². The fourth-order valence-electron chi connectivity index (χ4n) is 2.49. The molecule has 0 radical (unpaired) electrons. The molecule has 0 atom stereocenters. The van der Waals surface area contributed by atoms with Crippen molar-refractivity contribution in [2.24, 2.45) is 0 Å². The second-order valence-electron chi connectivity index (χ2n) is 5.17. The second kappa shape index (κ2) is 4.38. The Morgan fingerprint density at radius 1 is 1.05 bits per heavy atom. The third kappa shape index (κ3) is 1.87. The maximum Gasteiger partial charge on any atom is 0.230 e. The summed E-state index contributed by atoms with van der Waals surface area (Å²) in [6.07, 6.45) is 1.17. The van der Waals surface area contributed by atoms with E-state index in [4.69, 9.17) is 4.52 Å². The largest absolute Gasteiger partial charge is 0.393 e. The van der Waals surface area contributed by atoms with Crippen molar-refractivity contribution in [1.82, 2.24) is 15.1 Å². The number of nitrogens with zero attached hydrogens (tertiary/aromatic N) is 3. The van der Waals surface area contributed by atoms with Gasteiger partial charge >= 0.3 is 0 Å². The fraction of sp³-hybridized carbons (Fsp3) is 0.267. The molecule has 0 amide bonds. The molecule has 0 saturated heterocycles. The van der Waals surface area contributed by atoms with Crippen molar-refractivity contribution < 1.29 is 9.63 Å². The van der Waals surface area contributed by atoms with Crippen molar-refractivity contribution in [1.29, 1.82) is 0 Å². The maximum absolute atomic E-state index is 9.32. The van der Waals surface area contributed by atoms with Crippen molar-refractivity contribution in [3.05, 3.63) is 42.3 Å². The van der Waals surface area contributed by atoms with Gasteiger partial charge in [-0.25, -0.2) is 4.98 Å². The molecule has 0 unspecified atom stereocenters. The van der Waals surface area contributed by atoms with E-state index in [2.05, 4.69) is 15.1 Å². The Kier molecular flexibility index (Phi) is 2.53. The van der Waals surface area contributed by atoms with Crippen LogP contribution < -0.4 is 0 Å². The quantitative estimate of drug-likeness (QED) is 0.772. The monoisotopic (exact) mass is 267 g/mol. The highest BCUT2D eigenvalue weighted by molar-refractivity contribution is 5.80. The van der Waals surface area contributed by atoms with Crippen LogP contribution in [0.4, 0.5) is 0 Å². The molecule has 5 heteroatoms. The number of benzene rings is 1. The first kappa shape index (κ1) is 11.5. The lowest BCUT2D eigenvalue weighted by Gasteiger charge is -2.27. The van der Waals surface area contributed by atoms with E-state index in [1.54, 1.807) is 0 Å². The van der Waals surface area contributed by atoms with E-state index < -0.39 is 0 Å². The van der Waals surface area contributed by atoms with Gasteiger partial charge in [-0.2, -0.15) is 4.98 Å². The second-order valence-corrected chi connectivity index (χ2v) is 5.17. The highest BCUT2D eigenvalue weighted by Crippen LogP contribution is 2.36. The predicted molar refractivity (Wildman–Crippen MR) is 73.0 cm³/mol. The molecule has 100 valence electrons. The van der Waals surface area contributed by atoms with Crippen LogP contribution in [0.3, 0.4) is 0 Å². The highest BCUT2D eigenvalue weighted by atomic mass is 16.5. The number of aromatic nitrogens is 3. The molecule has 4 rings (SSSR count). The molecular formula is C15H13N3O2. The van der Waals surface area contributed by atoms with Gasteiger partial charge in [0, 0.05) is 11.3 Å². The van der Waals surface area contributed by atoms with Gasteiger partial charge < -0.3 is 9.63 Å². The van der Waals surface area contributed by atoms with Crippen molar-refractivity contribution >= 4 is 10.9 Å². The van der Waals surface area contributed by atoms with Crippen LogP contribution in [0.15, 0.2) is 40.9 Å². The third-order valence-electron chi connectivity index (χ3n) is 3.73. The molecule has 1 aliphatic carbocycles. The molecule has 1 saturated carbocycles. The molecule has 1 N–H and O–H groups in total. The van der Waals surface area contributed by atoms with Crippen LogP contribution in [0.1, 0.15) is 24.7 Å².